The molecule has 0 bridgehead atoms. The molecule has 0 saturated carbocycles. The Hall–Kier alpha value is -1.54. The monoisotopic (exact) mass is 353 g/mol. The number of aliphatic hydroxyl groups is 1. The number of amidine groups is 1. The highest BCUT2D eigenvalue weighted by molar-refractivity contribution is 8.03. The molecular weight excluding hydrogens is 330 g/mol. The van der Waals surface area contributed by atoms with Crippen molar-refractivity contribution in [3.8, 4) is 0 Å². The van der Waals surface area contributed by atoms with Gasteiger partial charge in [-0.3, -0.25) is 10.2 Å². The summed E-state index contributed by atoms with van der Waals surface area (Å²) in [7, 11) is 0. The molecule has 8 heteroatoms. The second kappa shape index (κ2) is 6.07. The molecule has 3 aliphatic rings. The molecule has 0 radical (unpaired) electrons. The van der Waals surface area contributed by atoms with Gasteiger partial charge in [-0.05, 0) is 20.3 Å². The molecule has 7 nitrogen and oxygen atoms in total. The highest BCUT2D eigenvalue weighted by Gasteiger charge is 2.60. The predicted octanol–water partition coefficient (Wildman–Crippen LogP) is 0.945. The zero-order chi connectivity index (χ0) is 17.8. The number of rotatable bonds is 4. The lowest BCUT2D eigenvalue weighted by Gasteiger charge is -2.46. The Kier molecular flexibility index (Phi) is 4.37. The molecule has 0 unspecified atom stereocenters. The van der Waals surface area contributed by atoms with Crippen LogP contribution in [-0.2, 0) is 9.59 Å². The number of fused-ring (bicyclic) bond motifs is 1. The molecule has 0 aromatic carbocycles. The van der Waals surface area contributed by atoms with Gasteiger partial charge in [0.2, 0.25) is 5.91 Å². The van der Waals surface area contributed by atoms with Crippen LogP contribution < -0.4 is 0 Å². The average molecular weight is 353 g/mol. The van der Waals surface area contributed by atoms with E-state index in [0.717, 1.165) is 24.4 Å². The first-order chi connectivity index (χ1) is 11.2. The predicted molar refractivity (Wildman–Crippen MR) is 90.6 cm³/mol. The van der Waals surface area contributed by atoms with Gasteiger partial charge < -0.3 is 20.0 Å². The lowest BCUT2D eigenvalue weighted by Crippen LogP contribution is -2.63. The molecule has 3 heterocycles. The van der Waals surface area contributed by atoms with Crippen LogP contribution in [0.4, 0.5) is 0 Å². The number of nitrogens with zero attached hydrogens (tertiary/aromatic N) is 2. The van der Waals surface area contributed by atoms with E-state index < -0.39 is 18.0 Å². The molecule has 0 aliphatic carbocycles. The first kappa shape index (κ1) is 17.3. The number of amides is 1. The van der Waals surface area contributed by atoms with Gasteiger partial charge in [0.1, 0.15) is 5.70 Å². The molecule has 0 aromatic heterocycles. The molecule has 3 N–H and O–H groups in total. The number of aliphatic carboxylic acids is 1. The minimum atomic E-state index is -1.08. The second-order valence-corrected chi connectivity index (χ2v) is 8.17. The van der Waals surface area contributed by atoms with Gasteiger partial charge in [0.15, 0.2) is 0 Å². The van der Waals surface area contributed by atoms with Crippen LogP contribution in [0.5, 0.6) is 0 Å². The number of carbonyl (C=O) groups excluding carboxylic acids is 1. The molecular formula is C16H23N3O4S. The van der Waals surface area contributed by atoms with Crippen molar-refractivity contribution < 1.29 is 19.8 Å². The van der Waals surface area contributed by atoms with Crippen molar-refractivity contribution in [2.24, 2.45) is 11.8 Å². The topological polar surface area (TPSA) is 105 Å². The van der Waals surface area contributed by atoms with Crippen LogP contribution in [0.2, 0.25) is 0 Å². The quantitative estimate of drug-likeness (QED) is 0.395. The normalized spacial score (nSPS) is 33.6. The molecule has 2 saturated heterocycles. The third-order valence-electron chi connectivity index (χ3n) is 5.22. The first-order valence-electron chi connectivity index (χ1n) is 8.19. The van der Waals surface area contributed by atoms with E-state index in [1.807, 2.05) is 11.8 Å². The molecule has 2 fully saturated rings. The summed E-state index contributed by atoms with van der Waals surface area (Å²) in [5.74, 6) is -1.45. The van der Waals surface area contributed by atoms with Crippen molar-refractivity contribution in [2.75, 3.05) is 13.1 Å². The highest BCUT2D eigenvalue weighted by Crippen LogP contribution is 2.51. The van der Waals surface area contributed by atoms with Crippen LogP contribution in [0.15, 0.2) is 10.6 Å². The minimum absolute atomic E-state index is 0.0874. The fraction of sp³-hybridized carbons (Fsp3) is 0.688. The van der Waals surface area contributed by atoms with Gasteiger partial charge in [-0.25, -0.2) is 4.79 Å². The van der Waals surface area contributed by atoms with Crippen LogP contribution in [0.3, 0.4) is 0 Å². The van der Waals surface area contributed by atoms with Gasteiger partial charge in [-0.1, -0.05) is 6.92 Å². The van der Waals surface area contributed by atoms with Crippen LogP contribution in [0, 0.1) is 17.2 Å². The van der Waals surface area contributed by atoms with Crippen molar-refractivity contribution in [3.05, 3.63) is 10.6 Å². The number of aliphatic hydroxyl groups excluding tert-OH is 1. The van der Waals surface area contributed by atoms with E-state index in [0.29, 0.717) is 5.84 Å². The summed E-state index contributed by atoms with van der Waals surface area (Å²) in [6.07, 6.45) is 0.116. The Bertz CT molecular complexity index is 633. The largest absolute Gasteiger partial charge is 0.477 e. The fourth-order valence-electron chi connectivity index (χ4n) is 3.99. The molecule has 24 heavy (non-hydrogen) atoms. The van der Waals surface area contributed by atoms with Crippen molar-refractivity contribution in [2.45, 2.75) is 44.6 Å². The Morgan fingerprint density at radius 1 is 1.46 bits per heavy atom. The maximum absolute atomic E-state index is 12.3. The van der Waals surface area contributed by atoms with Crippen LogP contribution in [0.25, 0.3) is 0 Å². The average Bonchev–Trinajstić information content (AvgIpc) is 3.03. The smallest absolute Gasteiger partial charge is 0.353 e. The number of carbonyl (C=O) groups is 2. The SMILES string of the molecule is CC(=N)N1CC[C@@H](SC2=C(C(=O)O)N3C(=O)[C@H]([C@@H](C)O)[C@@H]3[C@H]2C)C1. The summed E-state index contributed by atoms with van der Waals surface area (Å²) in [5.41, 5.74) is 0.0874. The summed E-state index contributed by atoms with van der Waals surface area (Å²) >= 11 is 1.53. The molecule has 5 atom stereocenters. The second-order valence-electron chi connectivity index (χ2n) is 6.83. The van der Waals surface area contributed by atoms with E-state index in [1.165, 1.54) is 16.7 Å². The number of carboxylic acids is 1. The lowest BCUT2D eigenvalue weighted by atomic mass is 9.79. The number of β-lactam (4-membered cyclic amide) rings is 1. The number of carboxylic acid groups (broad SMARTS) is 1. The third kappa shape index (κ3) is 2.52. The van der Waals surface area contributed by atoms with Gasteiger partial charge in [0.25, 0.3) is 0 Å². The van der Waals surface area contributed by atoms with Crippen molar-refractivity contribution >= 4 is 29.5 Å². The molecule has 0 spiro atoms. The van der Waals surface area contributed by atoms with Gasteiger partial charge in [0.05, 0.1) is 23.9 Å². The van der Waals surface area contributed by atoms with E-state index in [4.69, 9.17) is 5.41 Å². The zero-order valence-electron chi connectivity index (χ0n) is 14.0. The molecule has 3 aliphatic heterocycles. The molecule has 0 aromatic rings. The van der Waals surface area contributed by atoms with E-state index in [-0.39, 0.29) is 28.8 Å². The lowest BCUT2D eigenvalue weighted by molar-refractivity contribution is -0.163. The molecule has 3 rings (SSSR count). The standard InChI is InChI=1S/C16H23N3O4S/c1-7-12-11(8(2)20)15(21)19(12)13(16(22)23)14(7)24-10-4-5-18(6-10)9(3)17/h7-8,10-12,17,20H,4-6H2,1-3H3,(H,22,23)/t7-,8-,10-,11-,12+/m1/s1. The third-order valence-corrected chi connectivity index (χ3v) is 6.76. The van der Waals surface area contributed by atoms with E-state index in [1.54, 1.807) is 13.8 Å². The van der Waals surface area contributed by atoms with E-state index in [2.05, 4.69) is 0 Å². The minimum Gasteiger partial charge on any atom is -0.477 e. The summed E-state index contributed by atoms with van der Waals surface area (Å²) in [6.45, 7) is 6.80. The summed E-state index contributed by atoms with van der Waals surface area (Å²) in [5, 5.41) is 27.4. The highest BCUT2D eigenvalue weighted by atomic mass is 32.2. The van der Waals surface area contributed by atoms with Crippen LogP contribution >= 0.6 is 11.8 Å². The number of hydrogen-bond acceptors (Lipinski definition) is 5. The Morgan fingerprint density at radius 2 is 2.12 bits per heavy atom. The number of thioether (sulfide) groups is 1. The summed E-state index contributed by atoms with van der Waals surface area (Å²) in [6, 6.07) is -0.256. The van der Waals surface area contributed by atoms with E-state index >= 15 is 0 Å². The maximum Gasteiger partial charge on any atom is 0.353 e. The van der Waals surface area contributed by atoms with Crippen LogP contribution in [0.1, 0.15) is 27.2 Å². The zero-order valence-corrected chi connectivity index (χ0v) is 14.8. The van der Waals surface area contributed by atoms with Crippen LogP contribution in [-0.4, -0.2) is 68.2 Å². The summed E-state index contributed by atoms with van der Waals surface area (Å²) in [4.78, 5) is 28.1. The van der Waals surface area contributed by atoms with Crippen molar-refractivity contribution in [1.82, 2.24) is 9.80 Å². The molecule has 132 valence electrons. The van der Waals surface area contributed by atoms with Crippen molar-refractivity contribution in [3.63, 3.8) is 0 Å². The Balaban J connectivity index is 1.83. The van der Waals surface area contributed by atoms with Crippen molar-refractivity contribution in [1.29, 1.82) is 5.41 Å². The number of likely N-dealkylation sites (tertiary alicyclic amines) is 1. The number of nitrogens with one attached hydrogen (secondary N) is 1. The van der Waals surface area contributed by atoms with Gasteiger partial charge >= 0.3 is 5.97 Å². The van der Waals surface area contributed by atoms with E-state index in [9.17, 15) is 19.8 Å². The first-order valence-corrected chi connectivity index (χ1v) is 9.07. The fourth-order valence-corrected chi connectivity index (χ4v) is 5.48. The van der Waals surface area contributed by atoms with Gasteiger partial charge in [-0.2, -0.15) is 0 Å². The summed E-state index contributed by atoms with van der Waals surface area (Å²) < 4.78 is 0. The van der Waals surface area contributed by atoms with Gasteiger partial charge in [-0.15, -0.1) is 11.8 Å². The number of hydrogen-bond donors (Lipinski definition) is 3. The molecule has 1 amide bonds. The Morgan fingerprint density at radius 3 is 2.62 bits per heavy atom. The Labute approximate surface area is 145 Å². The van der Waals surface area contributed by atoms with Gasteiger partial charge in [0, 0.05) is 29.2 Å². The maximum atomic E-state index is 12.3.